The van der Waals surface area contributed by atoms with Crippen LogP contribution in [0.3, 0.4) is 0 Å². The molecule has 4 rings (SSSR count). The van der Waals surface area contributed by atoms with Gasteiger partial charge in [-0.05, 0) is 79.4 Å². The molecule has 1 aliphatic rings. The predicted octanol–water partition coefficient (Wildman–Crippen LogP) is 3.42. The molecule has 0 aliphatic carbocycles. The predicted molar refractivity (Wildman–Crippen MR) is 143 cm³/mol. The van der Waals surface area contributed by atoms with E-state index in [4.69, 9.17) is 14.2 Å². The van der Waals surface area contributed by atoms with Gasteiger partial charge in [0.1, 0.15) is 18.5 Å². The number of rotatable bonds is 12. The first-order valence-electron chi connectivity index (χ1n) is 12.4. The molecule has 0 saturated carbocycles. The number of sulfonamides is 1. The Bertz CT molecular complexity index is 1280. The standard InChI is InChI=1S/C28H34N2O6S/c1-34-27-13-10-21(17-28(27)35-2)14-15-29-19-23(31)20-36-24-11-12-26-22(18-24)7-6-16-30(26)37(32,33)25-8-4-3-5-9-25/h3-5,8-13,17-18,23,29,31H,6-7,14-16,19-20H2,1-2H3. The summed E-state index contributed by atoms with van der Waals surface area (Å²) < 4.78 is 44.2. The van der Waals surface area contributed by atoms with Gasteiger partial charge in [0, 0.05) is 13.1 Å². The van der Waals surface area contributed by atoms with E-state index in [1.807, 2.05) is 24.3 Å². The van der Waals surface area contributed by atoms with E-state index in [0.29, 0.717) is 42.6 Å². The van der Waals surface area contributed by atoms with Crippen molar-refractivity contribution in [1.82, 2.24) is 5.32 Å². The lowest BCUT2D eigenvalue weighted by Gasteiger charge is -2.30. The van der Waals surface area contributed by atoms with Crippen molar-refractivity contribution < 1.29 is 27.7 Å². The lowest BCUT2D eigenvalue weighted by Crippen LogP contribution is -2.35. The molecule has 0 radical (unpaired) electrons. The Labute approximate surface area is 218 Å². The molecule has 1 heterocycles. The van der Waals surface area contributed by atoms with Crippen LogP contribution in [0.15, 0.2) is 71.6 Å². The fourth-order valence-corrected chi connectivity index (χ4v) is 5.95. The molecular formula is C28H34N2O6S. The molecule has 0 spiro atoms. The fourth-order valence-electron chi connectivity index (χ4n) is 4.39. The van der Waals surface area contributed by atoms with E-state index in [0.717, 1.165) is 30.4 Å². The third-order valence-corrected chi connectivity index (χ3v) is 8.15. The first kappa shape index (κ1) is 26.8. The molecule has 0 fully saturated rings. The first-order chi connectivity index (χ1) is 17.9. The van der Waals surface area contributed by atoms with Crippen LogP contribution in [0, 0.1) is 0 Å². The monoisotopic (exact) mass is 526 g/mol. The van der Waals surface area contributed by atoms with Crippen LogP contribution in [0.25, 0.3) is 0 Å². The number of aryl methyl sites for hydroxylation is 1. The lowest BCUT2D eigenvalue weighted by atomic mass is 10.0. The second-order valence-electron chi connectivity index (χ2n) is 8.89. The van der Waals surface area contributed by atoms with Crippen LogP contribution in [-0.2, 0) is 22.9 Å². The molecule has 37 heavy (non-hydrogen) atoms. The van der Waals surface area contributed by atoms with Gasteiger partial charge in [0.05, 0.1) is 24.8 Å². The molecule has 1 unspecified atom stereocenters. The number of fused-ring (bicyclic) bond motifs is 1. The number of ether oxygens (including phenoxy) is 3. The average molecular weight is 527 g/mol. The lowest BCUT2D eigenvalue weighted by molar-refractivity contribution is 0.106. The smallest absolute Gasteiger partial charge is 0.264 e. The van der Waals surface area contributed by atoms with E-state index in [9.17, 15) is 13.5 Å². The van der Waals surface area contributed by atoms with Crippen molar-refractivity contribution in [3.63, 3.8) is 0 Å². The zero-order valence-corrected chi connectivity index (χ0v) is 22.0. The number of aliphatic hydroxyl groups excluding tert-OH is 1. The molecule has 0 saturated heterocycles. The summed E-state index contributed by atoms with van der Waals surface area (Å²) in [7, 11) is -0.402. The van der Waals surface area contributed by atoms with E-state index in [1.54, 1.807) is 56.7 Å². The van der Waals surface area contributed by atoms with Crippen LogP contribution in [-0.4, -0.2) is 60.1 Å². The quantitative estimate of drug-likeness (QED) is 0.349. The van der Waals surface area contributed by atoms with E-state index >= 15 is 0 Å². The van der Waals surface area contributed by atoms with Gasteiger partial charge in [0.2, 0.25) is 0 Å². The van der Waals surface area contributed by atoms with Gasteiger partial charge in [-0.15, -0.1) is 0 Å². The third-order valence-electron chi connectivity index (χ3n) is 6.32. The van der Waals surface area contributed by atoms with Gasteiger partial charge in [-0.2, -0.15) is 0 Å². The molecule has 2 N–H and O–H groups in total. The molecule has 0 bridgehead atoms. The van der Waals surface area contributed by atoms with Gasteiger partial charge in [0.15, 0.2) is 11.5 Å². The third kappa shape index (κ3) is 6.54. The number of hydrogen-bond donors (Lipinski definition) is 2. The van der Waals surface area contributed by atoms with Crippen LogP contribution in [0.2, 0.25) is 0 Å². The van der Waals surface area contributed by atoms with Crippen LogP contribution in [0.1, 0.15) is 17.5 Å². The van der Waals surface area contributed by atoms with E-state index < -0.39 is 16.1 Å². The SMILES string of the molecule is COc1ccc(CCNCC(O)COc2ccc3c(c2)CCCN3S(=O)(=O)c2ccccc2)cc1OC. The summed E-state index contributed by atoms with van der Waals surface area (Å²) in [6.07, 6.45) is 1.60. The van der Waals surface area contributed by atoms with Crippen molar-refractivity contribution in [2.75, 3.05) is 44.8 Å². The van der Waals surface area contributed by atoms with Crippen LogP contribution >= 0.6 is 0 Å². The topological polar surface area (TPSA) is 97.3 Å². The molecule has 3 aromatic rings. The Morgan fingerprint density at radius 1 is 1.00 bits per heavy atom. The largest absolute Gasteiger partial charge is 0.493 e. The summed E-state index contributed by atoms with van der Waals surface area (Å²) in [6.45, 7) is 1.66. The Balaban J connectivity index is 1.28. The highest BCUT2D eigenvalue weighted by Crippen LogP contribution is 2.34. The van der Waals surface area contributed by atoms with Crippen molar-refractivity contribution in [3.8, 4) is 17.2 Å². The summed E-state index contributed by atoms with van der Waals surface area (Å²) >= 11 is 0. The zero-order chi connectivity index (χ0) is 26.3. The summed E-state index contributed by atoms with van der Waals surface area (Å²) in [5.74, 6) is 2.00. The zero-order valence-electron chi connectivity index (χ0n) is 21.2. The maximum Gasteiger partial charge on any atom is 0.264 e. The molecule has 1 aliphatic heterocycles. The van der Waals surface area contributed by atoms with E-state index in [1.165, 1.54) is 4.31 Å². The number of nitrogens with one attached hydrogen (secondary N) is 1. The minimum atomic E-state index is -3.62. The normalized spacial score (nSPS) is 14.1. The van der Waals surface area contributed by atoms with Gasteiger partial charge in [-0.1, -0.05) is 24.3 Å². The summed E-state index contributed by atoms with van der Waals surface area (Å²) in [5.41, 5.74) is 2.71. The highest BCUT2D eigenvalue weighted by molar-refractivity contribution is 7.92. The molecule has 3 aromatic carbocycles. The Morgan fingerprint density at radius 2 is 1.78 bits per heavy atom. The summed E-state index contributed by atoms with van der Waals surface area (Å²) in [5, 5.41) is 13.6. The number of hydrogen-bond acceptors (Lipinski definition) is 7. The Hall–Kier alpha value is -3.27. The molecule has 1 atom stereocenters. The average Bonchev–Trinajstić information content (AvgIpc) is 2.94. The maximum atomic E-state index is 13.2. The molecule has 9 heteroatoms. The fraction of sp³-hybridized carbons (Fsp3) is 0.357. The maximum absolute atomic E-state index is 13.2. The molecule has 198 valence electrons. The number of aliphatic hydroxyl groups is 1. The Kier molecular flexibility index (Phi) is 8.91. The van der Waals surface area contributed by atoms with Crippen molar-refractivity contribution in [2.45, 2.75) is 30.3 Å². The second-order valence-corrected chi connectivity index (χ2v) is 10.8. The minimum absolute atomic E-state index is 0.133. The molecule has 0 aromatic heterocycles. The number of methoxy groups -OCH3 is 2. The number of anilines is 1. The van der Waals surface area contributed by atoms with Gasteiger partial charge >= 0.3 is 0 Å². The van der Waals surface area contributed by atoms with Crippen molar-refractivity contribution >= 4 is 15.7 Å². The second kappa shape index (κ2) is 12.3. The van der Waals surface area contributed by atoms with Crippen molar-refractivity contribution in [1.29, 1.82) is 0 Å². The van der Waals surface area contributed by atoms with E-state index in [-0.39, 0.29) is 11.5 Å². The van der Waals surface area contributed by atoms with Gasteiger partial charge in [-0.3, -0.25) is 4.31 Å². The van der Waals surface area contributed by atoms with Crippen molar-refractivity contribution in [2.24, 2.45) is 0 Å². The highest BCUT2D eigenvalue weighted by Gasteiger charge is 2.29. The molecular weight excluding hydrogens is 492 g/mol. The van der Waals surface area contributed by atoms with Crippen LogP contribution in [0.5, 0.6) is 17.2 Å². The molecule has 0 amide bonds. The summed E-state index contributed by atoms with van der Waals surface area (Å²) in [4.78, 5) is 0.282. The van der Waals surface area contributed by atoms with Gasteiger partial charge in [0.25, 0.3) is 10.0 Å². The van der Waals surface area contributed by atoms with Crippen LogP contribution < -0.4 is 23.8 Å². The van der Waals surface area contributed by atoms with Crippen LogP contribution in [0.4, 0.5) is 5.69 Å². The highest BCUT2D eigenvalue weighted by atomic mass is 32.2. The summed E-state index contributed by atoms with van der Waals surface area (Å²) in [6, 6.07) is 19.7. The van der Waals surface area contributed by atoms with E-state index in [2.05, 4.69) is 5.32 Å². The number of nitrogens with zero attached hydrogens (tertiary/aromatic N) is 1. The molecule has 8 nitrogen and oxygen atoms in total. The van der Waals surface area contributed by atoms with Crippen molar-refractivity contribution in [3.05, 3.63) is 77.9 Å². The number of benzene rings is 3. The van der Waals surface area contributed by atoms with Gasteiger partial charge < -0.3 is 24.6 Å². The first-order valence-corrected chi connectivity index (χ1v) is 13.8. The van der Waals surface area contributed by atoms with Gasteiger partial charge in [-0.25, -0.2) is 8.42 Å². The Morgan fingerprint density at radius 3 is 2.54 bits per heavy atom. The minimum Gasteiger partial charge on any atom is -0.493 e.